The van der Waals surface area contributed by atoms with Crippen LogP contribution < -0.4 is 5.32 Å². The molecule has 1 aromatic heterocycles. The first-order chi connectivity index (χ1) is 9.70. The molecule has 1 aliphatic rings. The van der Waals surface area contributed by atoms with Gasteiger partial charge in [-0.3, -0.25) is 4.79 Å². The second kappa shape index (κ2) is 7.35. The Balaban J connectivity index is 1.84. The Morgan fingerprint density at radius 1 is 1.55 bits per heavy atom. The zero-order valence-electron chi connectivity index (χ0n) is 11.4. The van der Waals surface area contributed by atoms with Crippen molar-refractivity contribution in [2.24, 2.45) is 0 Å². The lowest BCUT2D eigenvalue weighted by atomic mass is 10.1. The van der Waals surface area contributed by atoms with Crippen molar-refractivity contribution in [2.45, 2.75) is 32.3 Å². The topological polar surface area (TPSA) is 77.5 Å². The molecule has 1 saturated heterocycles. The molecule has 1 unspecified atom stereocenters. The summed E-state index contributed by atoms with van der Waals surface area (Å²) in [6.45, 7) is 3.25. The highest BCUT2D eigenvalue weighted by Gasteiger charge is 2.18. The van der Waals surface area contributed by atoms with Gasteiger partial charge in [-0.25, -0.2) is 9.78 Å². The van der Waals surface area contributed by atoms with Gasteiger partial charge in [0.05, 0.1) is 12.7 Å². The number of ether oxygens (including phenoxy) is 2. The van der Waals surface area contributed by atoms with Crippen molar-refractivity contribution < 1.29 is 19.1 Å². The first-order valence-corrected chi connectivity index (χ1v) is 7.61. The molecule has 2 heterocycles. The van der Waals surface area contributed by atoms with Crippen LogP contribution in [0.4, 0.5) is 0 Å². The maximum absolute atomic E-state index is 11.9. The van der Waals surface area contributed by atoms with Gasteiger partial charge in [0.15, 0.2) is 0 Å². The summed E-state index contributed by atoms with van der Waals surface area (Å²) in [5, 5.41) is 4.54. The van der Waals surface area contributed by atoms with Crippen LogP contribution in [0.1, 0.15) is 46.5 Å². The van der Waals surface area contributed by atoms with E-state index in [-0.39, 0.29) is 22.7 Å². The molecule has 7 heteroatoms. The average molecular weight is 298 g/mol. The molecule has 6 nitrogen and oxygen atoms in total. The number of hydrogen-bond acceptors (Lipinski definition) is 6. The molecule has 1 atom stereocenters. The molecule has 0 saturated carbocycles. The zero-order valence-corrected chi connectivity index (χ0v) is 12.2. The predicted molar refractivity (Wildman–Crippen MR) is 74.0 cm³/mol. The molecule has 1 aliphatic heterocycles. The maximum Gasteiger partial charge on any atom is 0.367 e. The smallest absolute Gasteiger partial charge is 0.367 e. The van der Waals surface area contributed by atoms with Gasteiger partial charge in [-0.2, -0.15) is 0 Å². The Labute approximate surface area is 121 Å². The van der Waals surface area contributed by atoms with Gasteiger partial charge in [-0.1, -0.05) is 0 Å². The second-order valence-corrected chi connectivity index (χ2v) is 5.32. The molecule has 0 spiro atoms. The first kappa shape index (κ1) is 14.9. The third-order valence-corrected chi connectivity index (χ3v) is 3.77. The van der Waals surface area contributed by atoms with E-state index in [9.17, 15) is 9.59 Å². The summed E-state index contributed by atoms with van der Waals surface area (Å²) in [5.41, 5.74) is 0.244. The maximum atomic E-state index is 11.9. The first-order valence-electron chi connectivity index (χ1n) is 6.73. The van der Waals surface area contributed by atoms with Gasteiger partial charge in [0.1, 0.15) is 5.69 Å². The van der Waals surface area contributed by atoms with Crippen molar-refractivity contribution in [3.8, 4) is 0 Å². The number of carbonyl (C=O) groups excluding carboxylic acids is 2. The van der Waals surface area contributed by atoms with E-state index >= 15 is 0 Å². The Hall–Kier alpha value is -1.47. The van der Waals surface area contributed by atoms with E-state index in [1.807, 2.05) is 0 Å². The standard InChI is InChI=1S/C13H18N2O4S/c1-2-18-13(17)12-15-10(8-20-12)11(16)14-7-9-5-3-4-6-19-9/h8-9H,2-7H2,1H3,(H,14,16). The minimum absolute atomic E-state index is 0.0795. The highest BCUT2D eigenvalue weighted by atomic mass is 32.1. The van der Waals surface area contributed by atoms with Crippen molar-refractivity contribution in [3.05, 3.63) is 16.1 Å². The van der Waals surface area contributed by atoms with Crippen molar-refractivity contribution in [2.75, 3.05) is 19.8 Å². The van der Waals surface area contributed by atoms with Crippen LogP contribution in [0.15, 0.2) is 5.38 Å². The normalized spacial score (nSPS) is 18.6. The fourth-order valence-electron chi connectivity index (χ4n) is 1.93. The number of carbonyl (C=O) groups is 2. The summed E-state index contributed by atoms with van der Waals surface area (Å²) in [7, 11) is 0. The molecule has 20 heavy (non-hydrogen) atoms. The minimum atomic E-state index is -0.493. The number of esters is 1. The van der Waals surface area contributed by atoms with Crippen LogP contribution in [0.3, 0.4) is 0 Å². The number of aromatic nitrogens is 1. The number of amides is 1. The van der Waals surface area contributed by atoms with E-state index in [2.05, 4.69) is 10.3 Å². The van der Waals surface area contributed by atoms with E-state index in [4.69, 9.17) is 9.47 Å². The largest absolute Gasteiger partial charge is 0.461 e. The second-order valence-electron chi connectivity index (χ2n) is 4.46. The van der Waals surface area contributed by atoms with Crippen LogP contribution >= 0.6 is 11.3 Å². The van der Waals surface area contributed by atoms with E-state index in [1.165, 1.54) is 0 Å². The lowest BCUT2D eigenvalue weighted by Crippen LogP contribution is -2.35. The SMILES string of the molecule is CCOC(=O)c1nc(C(=O)NCC2CCCCO2)cs1. The fraction of sp³-hybridized carbons (Fsp3) is 0.615. The summed E-state index contributed by atoms with van der Waals surface area (Å²) in [5.74, 6) is -0.780. The van der Waals surface area contributed by atoms with E-state index in [1.54, 1.807) is 12.3 Å². The van der Waals surface area contributed by atoms with Crippen molar-refractivity contribution in [3.63, 3.8) is 0 Å². The molecule has 0 bridgehead atoms. The Bertz CT molecular complexity index is 469. The molecule has 0 aliphatic carbocycles. The van der Waals surface area contributed by atoms with Crippen molar-refractivity contribution >= 4 is 23.2 Å². The number of nitrogens with one attached hydrogen (secondary N) is 1. The number of rotatable bonds is 5. The van der Waals surface area contributed by atoms with Crippen molar-refractivity contribution in [1.82, 2.24) is 10.3 Å². The van der Waals surface area contributed by atoms with Gasteiger partial charge in [0.25, 0.3) is 5.91 Å². The van der Waals surface area contributed by atoms with Crippen molar-refractivity contribution in [1.29, 1.82) is 0 Å². The molecule has 1 N–H and O–H groups in total. The summed E-state index contributed by atoms with van der Waals surface area (Å²) in [6.07, 6.45) is 3.26. The van der Waals surface area contributed by atoms with E-state index < -0.39 is 5.97 Å². The Morgan fingerprint density at radius 2 is 2.40 bits per heavy atom. The van der Waals surface area contributed by atoms with Crippen LogP contribution in [0.5, 0.6) is 0 Å². The van der Waals surface area contributed by atoms with Crippen LogP contribution in [0, 0.1) is 0 Å². The molecular weight excluding hydrogens is 280 g/mol. The zero-order chi connectivity index (χ0) is 14.4. The Kier molecular flexibility index (Phi) is 5.49. The molecule has 0 radical (unpaired) electrons. The minimum Gasteiger partial charge on any atom is -0.461 e. The molecule has 0 aromatic carbocycles. The lowest BCUT2D eigenvalue weighted by molar-refractivity contribution is 0.0168. The van der Waals surface area contributed by atoms with Crippen LogP contribution in [-0.2, 0) is 9.47 Å². The average Bonchev–Trinajstić information content (AvgIpc) is 2.96. The van der Waals surface area contributed by atoms with E-state index in [0.717, 1.165) is 37.2 Å². The number of hydrogen-bond donors (Lipinski definition) is 1. The predicted octanol–water partition coefficient (Wildman–Crippen LogP) is 1.62. The number of nitrogens with zero attached hydrogens (tertiary/aromatic N) is 1. The van der Waals surface area contributed by atoms with Crippen LogP contribution in [0.25, 0.3) is 0 Å². The van der Waals surface area contributed by atoms with Gasteiger partial charge < -0.3 is 14.8 Å². The van der Waals surface area contributed by atoms with Crippen LogP contribution in [0.2, 0.25) is 0 Å². The quantitative estimate of drug-likeness (QED) is 0.836. The molecule has 1 amide bonds. The van der Waals surface area contributed by atoms with Gasteiger partial charge in [0, 0.05) is 18.5 Å². The van der Waals surface area contributed by atoms with Gasteiger partial charge in [0.2, 0.25) is 5.01 Å². The highest BCUT2D eigenvalue weighted by Crippen LogP contribution is 2.13. The summed E-state index contributed by atoms with van der Waals surface area (Å²) >= 11 is 1.11. The molecule has 1 aromatic rings. The van der Waals surface area contributed by atoms with Gasteiger partial charge in [-0.15, -0.1) is 11.3 Å². The summed E-state index contributed by atoms with van der Waals surface area (Å²) in [6, 6.07) is 0. The third kappa shape index (κ3) is 4.01. The molecule has 1 fully saturated rings. The molecular formula is C13H18N2O4S. The molecule has 110 valence electrons. The summed E-state index contributed by atoms with van der Waals surface area (Å²) < 4.78 is 10.4. The van der Waals surface area contributed by atoms with E-state index in [0.29, 0.717) is 13.2 Å². The third-order valence-electron chi connectivity index (χ3n) is 2.95. The highest BCUT2D eigenvalue weighted by molar-refractivity contribution is 7.11. The van der Waals surface area contributed by atoms with Gasteiger partial charge >= 0.3 is 5.97 Å². The number of thiazole rings is 1. The lowest BCUT2D eigenvalue weighted by Gasteiger charge is -2.22. The monoisotopic (exact) mass is 298 g/mol. The van der Waals surface area contributed by atoms with Gasteiger partial charge in [-0.05, 0) is 26.2 Å². The van der Waals surface area contributed by atoms with Crippen LogP contribution in [-0.4, -0.2) is 42.7 Å². The Morgan fingerprint density at radius 3 is 3.10 bits per heavy atom. The molecule has 2 rings (SSSR count). The fourth-order valence-corrected chi connectivity index (χ4v) is 2.62. The summed E-state index contributed by atoms with van der Waals surface area (Å²) in [4.78, 5) is 27.3.